The molecule has 3 N–H and O–H groups in total. The van der Waals surface area contributed by atoms with Gasteiger partial charge in [0.25, 0.3) is 0 Å². The van der Waals surface area contributed by atoms with Gasteiger partial charge in [0.1, 0.15) is 0 Å². The van der Waals surface area contributed by atoms with Crippen molar-refractivity contribution in [2.45, 2.75) is 51.1 Å². The number of guanidine groups is 1. The number of nitrogens with one attached hydrogen (secondary N) is 2. The van der Waals surface area contributed by atoms with E-state index in [9.17, 15) is 14.3 Å². The predicted octanol–water partition coefficient (Wildman–Crippen LogP) is 2.38. The number of hydrogen-bond donors (Lipinski definition) is 3. The van der Waals surface area contributed by atoms with Gasteiger partial charge in [-0.15, -0.1) is 0 Å². The molecule has 1 amide bonds. The molecule has 0 bridgehead atoms. The molecule has 1 atom stereocenters. The molecule has 1 aliphatic heterocycles. The second kappa shape index (κ2) is 9.06. The van der Waals surface area contributed by atoms with Crippen LogP contribution in [-0.2, 0) is 11.3 Å². The van der Waals surface area contributed by atoms with Crippen molar-refractivity contribution in [3.05, 3.63) is 29.6 Å². The van der Waals surface area contributed by atoms with Crippen LogP contribution in [0.3, 0.4) is 0 Å². The van der Waals surface area contributed by atoms with Gasteiger partial charge < -0.3 is 20.6 Å². The second-order valence-corrected chi connectivity index (χ2v) is 7.46. The second-order valence-electron chi connectivity index (χ2n) is 7.46. The van der Waals surface area contributed by atoms with E-state index in [-0.39, 0.29) is 17.7 Å². The Kier molecular flexibility index (Phi) is 6.53. The number of halogens is 1. The fourth-order valence-corrected chi connectivity index (χ4v) is 3.92. The van der Waals surface area contributed by atoms with E-state index in [0.717, 1.165) is 25.8 Å². The maximum atomic E-state index is 13.4. The van der Waals surface area contributed by atoms with E-state index in [1.54, 1.807) is 13.1 Å². The summed E-state index contributed by atoms with van der Waals surface area (Å²) in [7, 11) is 1.69. The van der Waals surface area contributed by atoms with Crippen molar-refractivity contribution in [3.63, 3.8) is 0 Å². The Labute approximate surface area is 159 Å². The number of aliphatic imine (C=N–C) groups is 1. The molecule has 0 spiro atoms. The molecule has 1 aromatic carbocycles. The fraction of sp³-hybridized carbons (Fsp3) is 0.600. The van der Waals surface area contributed by atoms with Gasteiger partial charge >= 0.3 is 0 Å². The molecule has 3 rings (SSSR count). The van der Waals surface area contributed by atoms with Crippen LogP contribution in [0.15, 0.2) is 23.2 Å². The molecule has 1 heterocycles. The molecule has 2 aliphatic rings. The predicted molar refractivity (Wildman–Crippen MR) is 103 cm³/mol. The van der Waals surface area contributed by atoms with E-state index in [4.69, 9.17) is 0 Å². The number of rotatable bonds is 4. The Morgan fingerprint density at radius 2 is 2.07 bits per heavy atom. The van der Waals surface area contributed by atoms with Gasteiger partial charge in [0, 0.05) is 38.6 Å². The average molecular weight is 376 g/mol. The smallest absolute Gasteiger partial charge is 0.225 e. The largest absolute Gasteiger partial charge is 0.505 e. The van der Waals surface area contributed by atoms with E-state index in [1.807, 2.05) is 4.90 Å². The number of benzene rings is 1. The van der Waals surface area contributed by atoms with Crippen LogP contribution in [0.2, 0.25) is 0 Å². The Morgan fingerprint density at radius 1 is 1.30 bits per heavy atom. The van der Waals surface area contributed by atoms with Gasteiger partial charge in [-0.1, -0.05) is 25.3 Å². The molecule has 1 saturated carbocycles. The van der Waals surface area contributed by atoms with E-state index in [2.05, 4.69) is 15.6 Å². The Bertz CT molecular complexity index is 689. The number of carbonyl (C=O) groups excluding carboxylic acids is 1. The van der Waals surface area contributed by atoms with Crippen LogP contribution in [0.25, 0.3) is 0 Å². The van der Waals surface area contributed by atoms with E-state index in [0.29, 0.717) is 30.5 Å². The number of phenols is 1. The van der Waals surface area contributed by atoms with Gasteiger partial charge in [-0.2, -0.15) is 0 Å². The third-order valence-corrected chi connectivity index (χ3v) is 5.49. The van der Waals surface area contributed by atoms with Crippen LogP contribution in [0, 0.1) is 11.7 Å². The number of hydrogen-bond acceptors (Lipinski definition) is 3. The topological polar surface area (TPSA) is 77.0 Å². The lowest BCUT2D eigenvalue weighted by atomic mass is 9.88. The Morgan fingerprint density at radius 3 is 2.78 bits per heavy atom. The molecule has 0 radical (unpaired) electrons. The summed E-state index contributed by atoms with van der Waals surface area (Å²) in [6.45, 7) is 1.88. The minimum absolute atomic E-state index is 0.167. The number of phenolic OH excluding ortho intramolecular Hbond substituents is 1. The number of likely N-dealkylation sites (tertiary alicyclic amines) is 1. The first-order valence-corrected chi connectivity index (χ1v) is 9.80. The highest BCUT2D eigenvalue weighted by Gasteiger charge is 2.31. The van der Waals surface area contributed by atoms with Crippen molar-refractivity contribution in [1.29, 1.82) is 0 Å². The molecular weight excluding hydrogens is 347 g/mol. The standard InChI is InChI=1S/C20H29FN4O2/c1-22-20(23-12-14-7-8-18(26)17(21)11-14)24-16-9-10-25(13-16)19(27)15-5-3-2-4-6-15/h7-8,11,15-16,26H,2-6,9-10,12-13H2,1H3,(H2,22,23,24). The summed E-state index contributed by atoms with van der Waals surface area (Å²) in [5, 5.41) is 15.8. The Balaban J connectivity index is 1.47. The minimum Gasteiger partial charge on any atom is -0.505 e. The lowest BCUT2D eigenvalue weighted by Crippen LogP contribution is -2.45. The van der Waals surface area contributed by atoms with Gasteiger partial charge in [0.05, 0.1) is 0 Å². The third-order valence-electron chi connectivity index (χ3n) is 5.49. The number of nitrogens with zero attached hydrogens (tertiary/aromatic N) is 2. The number of aromatic hydroxyl groups is 1. The lowest BCUT2D eigenvalue weighted by Gasteiger charge is -2.26. The molecule has 0 aromatic heterocycles. The summed E-state index contributed by atoms with van der Waals surface area (Å²) >= 11 is 0. The van der Waals surface area contributed by atoms with Crippen molar-refractivity contribution in [2.75, 3.05) is 20.1 Å². The molecule has 1 unspecified atom stereocenters. The molecule has 7 heteroatoms. The quantitative estimate of drug-likeness (QED) is 0.557. The summed E-state index contributed by atoms with van der Waals surface area (Å²) in [4.78, 5) is 18.9. The first-order valence-electron chi connectivity index (χ1n) is 9.80. The van der Waals surface area contributed by atoms with Crippen LogP contribution in [-0.4, -0.2) is 48.1 Å². The molecular formula is C20H29FN4O2. The molecule has 148 valence electrons. The highest BCUT2D eigenvalue weighted by molar-refractivity contribution is 5.81. The molecule has 27 heavy (non-hydrogen) atoms. The van der Waals surface area contributed by atoms with Crippen molar-refractivity contribution >= 4 is 11.9 Å². The van der Waals surface area contributed by atoms with Crippen molar-refractivity contribution in [3.8, 4) is 5.75 Å². The molecule has 6 nitrogen and oxygen atoms in total. The highest BCUT2D eigenvalue weighted by atomic mass is 19.1. The zero-order valence-corrected chi connectivity index (χ0v) is 15.9. The van der Waals surface area contributed by atoms with Crippen LogP contribution < -0.4 is 10.6 Å². The summed E-state index contributed by atoms with van der Waals surface area (Å²) in [6.07, 6.45) is 6.54. The Hall–Kier alpha value is -2.31. The summed E-state index contributed by atoms with van der Waals surface area (Å²) in [5.41, 5.74) is 0.716. The molecule has 1 saturated heterocycles. The normalized spacial score (nSPS) is 21.3. The summed E-state index contributed by atoms with van der Waals surface area (Å²) in [5.74, 6) is 0.154. The van der Waals surface area contributed by atoms with Gasteiger partial charge in [-0.05, 0) is 37.0 Å². The number of amides is 1. The molecule has 1 aromatic rings. The van der Waals surface area contributed by atoms with E-state index in [1.165, 1.54) is 31.4 Å². The van der Waals surface area contributed by atoms with Crippen LogP contribution >= 0.6 is 0 Å². The summed E-state index contributed by atoms with van der Waals surface area (Å²) < 4.78 is 13.4. The van der Waals surface area contributed by atoms with Gasteiger partial charge in [-0.3, -0.25) is 9.79 Å². The van der Waals surface area contributed by atoms with Gasteiger partial charge in [-0.25, -0.2) is 4.39 Å². The fourth-order valence-electron chi connectivity index (χ4n) is 3.92. The highest BCUT2D eigenvalue weighted by Crippen LogP contribution is 2.26. The first kappa shape index (κ1) is 19.5. The third kappa shape index (κ3) is 5.11. The van der Waals surface area contributed by atoms with Crippen LogP contribution in [0.4, 0.5) is 4.39 Å². The molecule has 1 aliphatic carbocycles. The van der Waals surface area contributed by atoms with Crippen molar-refractivity contribution in [2.24, 2.45) is 10.9 Å². The summed E-state index contributed by atoms with van der Waals surface area (Å²) in [6, 6.07) is 4.48. The zero-order valence-electron chi connectivity index (χ0n) is 15.9. The lowest BCUT2D eigenvalue weighted by molar-refractivity contribution is -0.135. The number of carbonyl (C=O) groups is 1. The zero-order chi connectivity index (χ0) is 19.2. The SMILES string of the molecule is CN=C(NCc1ccc(O)c(F)c1)NC1CCN(C(=O)C2CCCCC2)C1. The molecule has 2 fully saturated rings. The van der Waals surface area contributed by atoms with Crippen molar-refractivity contribution < 1.29 is 14.3 Å². The maximum absolute atomic E-state index is 13.4. The van der Waals surface area contributed by atoms with Crippen LogP contribution in [0.5, 0.6) is 5.75 Å². The van der Waals surface area contributed by atoms with Crippen molar-refractivity contribution in [1.82, 2.24) is 15.5 Å². The van der Waals surface area contributed by atoms with E-state index >= 15 is 0 Å². The average Bonchev–Trinajstić information content (AvgIpc) is 3.16. The maximum Gasteiger partial charge on any atom is 0.225 e. The van der Waals surface area contributed by atoms with E-state index < -0.39 is 5.82 Å². The van der Waals surface area contributed by atoms with Crippen LogP contribution in [0.1, 0.15) is 44.1 Å². The van der Waals surface area contributed by atoms with Gasteiger partial charge in [0.2, 0.25) is 5.91 Å². The minimum atomic E-state index is -0.634. The van der Waals surface area contributed by atoms with Gasteiger partial charge in [0.15, 0.2) is 17.5 Å². The first-order chi connectivity index (χ1) is 13.1. The monoisotopic (exact) mass is 376 g/mol.